The van der Waals surface area contributed by atoms with E-state index in [9.17, 15) is 14.9 Å². The molecule has 1 saturated heterocycles. The first-order valence-corrected chi connectivity index (χ1v) is 7.25. The maximum atomic E-state index is 12.2. The number of hydrogen-bond donors (Lipinski definition) is 2. The molecular weight excluding hydrogens is 270 g/mol. The van der Waals surface area contributed by atoms with Crippen LogP contribution in [0.5, 0.6) is 0 Å². The van der Waals surface area contributed by atoms with Gasteiger partial charge in [-0.1, -0.05) is 19.1 Å². The van der Waals surface area contributed by atoms with Gasteiger partial charge in [0.2, 0.25) is 5.91 Å². The Balaban J connectivity index is 2.00. The summed E-state index contributed by atoms with van der Waals surface area (Å²) in [5.74, 6) is 0.496. The first kappa shape index (κ1) is 15.4. The Hall–Kier alpha value is -1.95. The van der Waals surface area contributed by atoms with Crippen LogP contribution in [-0.4, -0.2) is 23.4 Å². The molecule has 6 nitrogen and oxygen atoms in total. The summed E-state index contributed by atoms with van der Waals surface area (Å²) in [5, 5.41) is 16.9. The average Bonchev–Trinajstić information content (AvgIpc) is 2.47. The fourth-order valence-corrected chi connectivity index (χ4v) is 2.61. The quantitative estimate of drug-likeness (QED) is 0.657. The summed E-state index contributed by atoms with van der Waals surface area (Å²) < 4.78 is 0. The molecule has 0 aromatic heterocycles. The van der Waals surface area contributed by atoms with E-state index in [0.717, 1.165) is 24.9 Å². The lowest BCUT2D eigenvalue weighted by Crippen LogP contribution is -2.48. The van der Waals surface area contributed by atoms with Crippen LogP contribution >= 0.6 is 0 Å². The maximum absolute atomic E-state index is 12.2. The molecule has 0 saturated carbocycles. The van der Waals surface area contributed by atoms with Crippen LogP contribution in [0.1, 0.15) is 38.3 Å². The van der Waals surface area contributed by atoms with Crippen molar-refractivity contribution in [2.24, 2.45) is 5.92 Å². The molecule has 2 N–H and O–H groups in total. The topological polar surface area (TPSA) is 84.3 Å². The predicted octanol–water partition coefficient (Wildman–Crippen LogP) is 2.16. The number of nitrogens with one attached hydrogen (secondary N) is 2. The van der Waals surface area contributed by atoms with E-state index in [1.807, 2.05) is 6.92 Å². The Labute approximate surface area is 124 Å². The van der Waals surface area contributed by atoms with E-state index in [2.05, 4.69) is 17.6 Å². The van der Waals surface area contributed by atoms with Gasteiger partial charge in [0, 0.05) is 12.1 Å². The third-order valence-electron chi connectivity index (χ3n) is 3.92. The second-order valence-electron chi connectivity index (χ2n) is 5.72. The van der Waals surface area contributed by atoms with Gasteiger partial charge in [-0.3, -0.25) is 14.9 Å². The van der Waals surface area contributed by atoms with Crippen LogP contribution < -0.4 is 10.6 Å². The van der Waals surface area contributed by atoms with Crippen LogP contribution in [-0.2, 0) is 4.79 Å². The largest absolute Gasteiger partial charge is 0.348 e. The van der Waals surface area contributed by atoms with Gasteiger partial charge in [-0.15, -0.1) is 0 Å². The summed E-state index contributed by atoms with van der Waals surface area (Å²) in [6.07, 6.45) is 1.91. The molecule has 0 radical (unpaired) electrons. The van der Waals surface area contributed by atoms with E-state index < -0.39 is 4.92 Å². The first-order valence-electron chi connectivity index (χ1n) is 7.25. The van der Waals surface area contributed by atoms with Gasteiger partial charge in [0.05, 0.1) is 17.0 Å². The van der Waals surface area contributed by atoms with Gasteiger partial charge in [-0.05, 0) is 37.8 Å². The van der Waals surface area contributed by atoms with Gasteiger partial charge < -0.3 is 10.6 Å². The normalized spacial score (nSPS) is 23.3. The number of nitrogens with zero attached hydrogens (tertiary/aromatic N) is 1. The lowest BCUT2D eigenvalue weighted by molar-refractivity contribution is -0.384. The molecule has 1 fully saturated rings. The number of benzene rings is 1. The molecule has 21 heavy (non-hydrogen) atoms. The fourth-order valence-electron chi connectivity index (χ4n) is 2.61. The van der Waals surface area contributed by atoms with E-state index in [1.165, 1.54) is 12.1 Å². The van der Waals surface area contributed by atoms with Gasteiger partial charge in [-0.2, -0.15) is 0 Å². The molecular formula is C15H21N3O3. The van der Waals surface area contributed by atoms with Gasteiger partial charge in [0.15, 0.2) is 0 Å². The van der Waals surface area contributed by atoms with Crippen LogP contribution in [0.25, 0.3) is 0 Å². The minimum Gasteiger partial charge on any atom is -0.348 e. The van der Waals surface area contributed by atoms with Crippen molar-refractivity contribution in [1.82, 2.24) is 10.6 Å². The summed E-state index contributed by atoms with van der Waals surface area (Å²) >= 11 is 0. The van der Waals surface area contributed by atoms with Gasteiger partial charge >= 0.3 is 0 Å². The summed E-state index contributed by atoms with van der Waals surface area (Å²) in [6, 6.07) is 5.95. The average molecular weight is 291 g/mol. The number of carbonyl (C=O) groups is 1. The second kappa shape index (κ2) is 6.67. The SMILES string of the molecule is CC1CCNC(C(=O)NC(C)c2cccc([N+](=O)[O-])c2)C1. The number of carbonyl (C=O) groups excluding carboxylic acids is 1. The summed E-state index contributed by atoms with van der Waals surface area (Å²) in [4.78, 5) is 22.6. The molecule has 2 rings (SSSR count). The molecule has 0 bridgehead atoms. The molecule has 1 aliphatic heterocycles. The zero-order valence-electron chi connectivity index (χ0n) is 12.3. The summed E-state index contributed by atoms with van der Waals surface area (Å²) in [6.45, 7) is 4.83. The van der Waals surface area contributed by atoms with Crippen LogP contribution in [0.2, 0.25) is 0 Å². The summed E-state index contributed by atoms with van der Waals surface area (Å²) in [7, 11) is 0. The molecule has 1 aromatic carbocycles. The molecule has 6 heteroatoms. The van der Waals surface area contributed by atoms with Crippen molar-refractivity contribution in [1.29, 1.82) is 0 Å². The first-order chi connectivity index (χ1) is 9.97. The predicted molar refractivity (Wildman–Crippen MR) is 79.8 cm³/mol. The number of piperidine rings is 1. The smallest absolute Gasteiger partial charge is 0.269 e. The van der Waals surface area contributed by atoms with Crippen molar-refractivity contribution in [3.8, 4) is 0 Å². The van der Waals surface area contributed by atoms with Crippen LogP contribution in [0.3, 0.4) is 0 Å². The van der Waals surface area contributed by atoms with Crippen molar-refractivity contribution >= 4 is 11.6 Å². The molecule has 1 amide bonds. The molecule has 3 unspecified atom stereocenters. The van der Waals surface area contributed by atoms with Crippen molar-refractivity contribution in [3.63, 3.8) is 0 Å². The van der Waals surface area contributed by atoms with Crippen LogP contribution in [0.15, 0.2) is 24.3 Å². The van der Waals surface area contributed by atoms with E-state index >= 15 is 0 Å². The monoisotopic (exact) mass is 291 g/mol. The number of nitro benzene ring substituents is 1. The van der Waals surface area contributed by atoms with Gasteiger partial charge in [0.1, 0.15) is 0 Å². The standard InChI is InChI=1S/C15H21N3O3/c1-10-6-7-16-14(8-10)15(19)17-11(2)12-4-3-5-13(9-12)18(20)21/h3-5,9-11,14,16H,6-8H2,1-2H3,(H,17,19). The van der Waals surface area contributed by atoms with Crippen molar-refractivity contribution in [3.05, 3.63) is 39.9 Å². The number of nitro groups is 1. The maximum Gasteiger partial charge on any atom is 0.269 e. The highest BCUT2D eigenvalue weighted by molar-refractivity contribution is 5.82. The lowest BCUT2D eigenvalue weighted by atomic mass is 9.93. The Bertz CT molecular complexity index is 533. The van der Waals surface area contributed by atoms with Gasteiger partial charge in [-0.25, -0.2) is 0 Å². The van der Waals surface area contributed by atoms with Gasteiger partial charge in [0.25, 0.3) is 5.69 Å². The molecule has 3 atom stereocenters. The zero-order valence-corrected chi connectivity index (χ0v) is 12.3. The molecule has 0 spiro atoms. The number of hydrogen-bond acceptors (Lipinski definition) is 4. The second-order valence-corrected chi connectivity index (χ2v) is 5.72. The minimum absolute atomic E-state index is 0.0398. The molecule has 1 aromatic rings. The van der Waals surface area contributed by atoms with E-state index in [0.29, 0.717) is 5.92 Å². The van der Waals surface area contributed by atoms with E-state index in [1.54, 1.807) is 12.1 Å². The molecule has 1 heterocycles. The molecule has 114 valence electrons. The molecule has 0 aliphatic carbocycles. The van der Waals surface area contributed by atoms with Crippen molar-refractivity contribution < 1.29 is 9.72 Å². The van der Waals surface area contributed by atoms with E-state index in [-0.39, 0.29) is 23.7 Å². The zero-order chi connectivity index (χ0) is 15.4. The number of amides is 1. The highest BCUT2D eigenvalue weighted by Crippen LogP contribution is 2.20. The number of rotatable bonds is 4. The highest BCUT2D eigenvalue weighted by Gasteiger charge is 2.25. The Morgan fingerprint density at radius 3 is 2.95 bits per heavy atom. The van der Waals surface area contributed by atoms with Crippen LogP contribution in [0, 0.1) is 16.0 Å². The molecule has 1 aliphatic rings. The number of non-ortho nitro benzene ring substituents is 1. The third kappa shape index (κ3) is 4.01. The highest BCUT2D eigenvalue weighted by atomic mass is 16.6. The Morgan fingerprint density at radius 1 is 1.52 bits per heavy atom. The fraction of sp³-hybridized carbons (Fsp3) is 0.533. The third-order valence-corrected chi connectivity index (χ3v) is 3.92. The Morgan fingerprint density at radius 2 is 2.29 bits per heavy atom. The van der Waals surface area contributed by atoms with Crippen molar-refractivity contribution in [2.45, 2.75) is 38.8 Å². The summed E-state index contributed by atoms with van der Waals surface area (Å²) in [5.41, 5.74) is 0.777. The minimum atomic E-state index is -0.428. The Kier molecular flexibility index (Phi) is 4.90. The van der Waals surface area contributed by atoms with Crippen molar-refractivity contribution in [2.75, 3.05) is 6.54 Å². The van der Waals surface area contributed by atoms with Crippen LogP contribution in [0.4, 0.5) is 5.69 Å². The lowest BCUT2D eigenvalue weighted by Gasteiger charge is -2.28. The van der Waals surface area contributed by atoms with E-state index in [4.69, 9.17) is 0 Å².